The highest BCUT2D eigenvalue weighted by Crippen LogP contribution is 2.30. The van der Waals surface area contributed by atoms with E-state index >= 15 is 0 Å². The van der Waals surface area contributed by atoms with Crippen LogP contribution in [-0.4, -0.2) is 46.5 Å². The normalized spacial score (nSPS) is 22.1. The van der Waals surface area contributed by atoms with Gasteiger partial charge in [0.25, 0.3) is 11.7 Å². The summed E-state index contributed by atoms with van der Waals surface area (Å²) in [6.45, 7) is 2.49. The van der Waals surface area contributed by atoms with Crippen molar-refractivity contribution in [3.05, 3.63) is 11.7 Å². The summed E-state index contributed by atoms with van der Waals surface area (Å²) in [7, 11) is 0. The number of carbonyl (C=O) groups excluding carboxylic acids is 2. The number of amides is 2. The minimum absolute atomic E-state index is 0.0381. The molecule has 8 heteroatoms. The zero-order chi connectivity index (χ0) is 16.9. The largest absolute Gasteiger partial charge is 0.363 e. The minimum Gasteiger partial charge on any atom is -0.363 e. The maximum Gasteiger partial charge on any atom is 0.290 e. The van der Waals surface area contributed by atoms with E-state index in [9.17, 15) is 9.59 Å². The summed E-state index contributed by atoms with van der Waals surface area (Å²) in [4.78, 5) is 29.4. The van der Waals surface area contributed by atoms with Gasteiger partial charge in [-0.3, -0.25) is 14.5 Å². The molecule has 2 fully saturated rings. The number of carbonyl (C=O) groups is 2. The predicted octanol–water partition coefficient (Wildman–Crippen LogP) is 1.00. The van der Waals surface area contributed by atoms with Crippen LogP contribution in [0.3, 0.4) is 0 Å². The van der Waals surface area contributed by atoms with Gasteiger partial charge in [-0.05, 0) is 38.6 Å². The van der Waals surface area contributed by atoms with E-state index in [4.69, 9.17) is 10.3 Å². The molecule has 0 aromatic carbocycles. The molecule has 0 unspecified atom stereocenters. The van der Waals surface area contributed by atoms with Crippen molar-refractivity contribution in [2.24, 2.45) is 11.7 Å². The highest BCUT2D eigenvalue weighted by molar-refractivity contribution is 5.88. The van der Waals surface area contributed by atoms with Crippen LogP contribution in [-0.2, 0) is 4.79 Å². The van der Waals surface area contributed by atoms with Crippen LogP contribution in [0.4, 0.5) is 0 Å². The zero-order valence-corrected chi connectivity index (χ0v) is 13.9. The molecular formula is C16H25N5O3. The van der Waals surface area contributed by atoms with Crippen molar-refractivity contribution in [3.8, 4) is 0 Å². The molecule has 0 spiro atoms. The lowest BCUT2D eigenvalue weighted by Gasteiger charge is -2.21. The summed E-state index contributed by atoms with van der Waals surface area (Å²) in [6.07, 6.45) is 7.25. The van der Waals surface area contributed by atoms with Gasteiger partial charge < -0.3 is 15.6 Å². The lowest BCUT2D eigenvalue weighted by molar-refractivity contribution is -0.124. The number of nitrogens with two attached hydrogens (primary N) is 1. The molecule has 3 N–H and O–H groups in total. The third-order valence-corrected chi connectivity index (χ3v) is 4.96. The molecule has 1 saturated carbocycles. The van der Waals surface area contributed by atoms with Gasteiger partial charge in [0, 0.05) is 19.0 Å². The van der Waals surface area contributed by atoms with Gasteiger partial charge in [0.2, 0.25) is 11.8 Å². The molecule has 8 nitrogen and oxygen atoms in total. The number of rotatable bonds is 7. The second kappa shape index (κ2) is 7.74. The molecule has 1 aromatic heterocycles. The van der Waals surface area contributed by atoms with E-state index in [1.165, 1.54) is 12.8 Å². The van der Waals surface area contributed by atoms with Crippen molar-refractivity contribution in [1.82, 2.24) is 20.4 Å². The molecule has 0 radical (unpaired) electrons. The van der Waals surface area contributed by atoms with Crippen LogP contribution in [0.5, 0.6) is 0 Å². The Balaban J connectivity index is 1.44. The molecule has 1 aliphatic carbocycles. The number of nitrogens with zero attached hydrogens (tertiary/aromatic N) is 3. The molecule has 1 saturated heterocycles. The van der Waals surface area contributed by atoms with E-state index in [0.29, 0.717) is 12.4 Å². The highest BCUT2D eigenvalue weighted by atomic mass is 16.5. The average Bonchev–Trinajstić information content (AvgIpc) is 3.32. The highest BCUT2D eigenvalue weighted by Gasteiger charge is 2.31. The molecule has 24 heavy (non-hydrogen) atoms. The van der Waals surface area contributed by atoms with Gasteiger partial charge in [0.15, 0.2) is 0 Å². The second-order valence-corrected chi connectivity index (χ2v) is 6.64. The van der Waals surface area contributed by atoms with Gasteiger partial charge in [-0.2, -0.15) is 4.98 Å². The number of hydrogen-bond donors (Lipinski definition) is 2. The monoisotopic (exact) mass is 335 g/mol. The number of hydrogen-bond acceptors (Lipinski definition) is 6. The lowest BCUT2D eigenvalue weighted by atomic mass is 10.1. The Morgan fingerprint density at radius 2 is 2.04 bits per heavy atom. The van der Waals surface area contributed by atoms with Crippen molar-refractivity contribution in [3.63, 3.8) is 0 Å². The molecule has 0 bridgehead atoms. The number of primary amides is 1. The maximum absolute atomic E-state index is 12.0. The van der Waals surface area contributed by atoms with E-state index in [1.807, 2.05) is 0 Å². The molecule has 2 amide bonds. The summed E-state index contributed by atoms with van der Waals surface area (Å²) in [5.74, 6) is 0.129. The van der Waals surface area contributed by atoms with Crippen molar-refractivity contribution in [2.75, 3.05) is 19.6 Å². The van der Waals surface area contributed by atoms with E-state index in [-0.39, 0.29) is 23.7 Å². The summed E-state index contributed by atoms with van der Waals surface area (Å²) in [5, 5.41) is 6.66. The Morgan fingerprint density at radius 1 is 1.25 bits per heavy atom. The molecule has 132 valence electrons. The van der Waals surface area contributed by atoms with Crippen molar-refractivity contribution in [1.29, 1.82) is 0 Å². The van der Waals surface area contributed by atoms with Gasteiger partial charge in [0.05, 0.1) is 6.04 Å². The Labute approximate surface area is 141 Å². The Morgan fingerprint density at radius 3 is 2.75 bits per heavy atom. The Kier molecular flexibility index (Phi) is 5.44. The van der Waals surface area contributed by atoms with Crippen molar-refractivity contribution >= 4 is 11.8 Å². The molecule has 1 atom stereocenters. The average molecular weight is 335 g/mol. The molecule has 1 aliphatic heterocycles. The molecule has 2 heterocycles. The predicted molar refractivity (Wildman–Crippen MR) is 85.9 cm³/mol. The van der Waals surface area contributed by atoms with E-state index in [1.54, 1.807) is 0 Å². The lowest BCUT2D eigenvalue weighted by Crippen LogP contribution is -2.33. The Bertz CT molecular complexity index is 582. The van der Waals surface area contributed by atoms with Gasteiger partial charge in [-0.15, -0.1) is 0 Å². The fourth-order valence-electron chi connectivity index (χ4n) is 3.67. The van der Waals surface area contributed by atoms with Crippen LogP contribution in [0.25, 0.3) is 0 Å². The SMILES string of the molecule is NC(=O)c1noc([C@H]2CCCN2CCCNC(=O)C2CCCC2)n1. The summed E-state index contributed by atoms with van der Waals surface area (Å²) >= 11 is 0. The summed E-state index contributed by atoms with van der Waals surface area (Å²) < 4.78 is 5.18. The smallest absolute Gasteiger partial charge is 0.290 e. The standard InChI is InChI=1S/C16H25N5O3/c17-13(22)14-19-16(24-20-14)12-7-3-9-21(12)10-4-8-18-15(23)11-5-1-2-6-11/h11-12H,1-10H2,(H2,17,22)(H,18,23)/t12-/m1/s1. The van der Waals surface area contributed by atoms with Crippen LogP contribution < -0.4 is 11.1 Å². The molecule has 3 rings (SSSR count). The van der Waals surface area contributed by atoms with Crippen LogP contribution in [0.1, 0.15) is 67.5 Å². The van der Waals surface area contributed by atoms with Crippen molar-refractivity contribution in [2.45, 2.75) is 51.0 Å². The summed E-state index contributed by atoms with van der Waals surface area (Å²) in [5.41, 5.74) is 5.16. The molecular weight excluding hydrogens is 310 g/mol. The van der Waals surface area contributed by atoms with E-state index < -0.39 is 5.91 Å². The van der Waals surface area contributed by atoms with Crippen molar-refractivity contribution < 1.29 is 14.1 Å². The number of nitrogens with one attached hydrogen (secondary N) is 1. The zero-order valence-electron chi connectivity index (χ0n) is 13.9. The number of likely N-dealkylation sites (tertiary alicyclic amines) is 1. The molecule has 1 aromatic rings. The van der Waals surface area contributed by atoms with Gasteiger partial charge in [-0.25, -0.2) is 0 Å². The third-order valence-electron chi connectivity index (χ3n) is 4.96. The summed E-state index contributed by atoms with van der Waals surface area (Å²) in [6, 6.07) is 0.0381. The van der Waals surface area contributed by atoms with Crippen LogP contribution in [0.15, 0.2) is 4.52 Å². The van der Waals surface area contributed by atoms with Crippen LogP contribution in [0.2, 0.25) is 0 Å². The topological polar surface area (TPSA) is 114 Å². The van der Waals surface area contributed by atoms with Gasteiger partial charge in [0.1, 0.15) is 0 Å². The molecule has 2 aliphatic rings. The van der Waals surface area contributed by atoms with E-state index in [0.717, 1.165) is 45.2 Å². The van der Waals surface area contributed by atoms with Crippen LogP contribution >= 0.6 is 0 Å². The first kappa shape index (κ1) is 16.9. The second-order valence-electron chi connectivity index (χ2n) is 6.64. The van der Waals surface area contributed by atoms with Crippen LogP contribution in [0, 0.1) is 5.92 Å². The first-order valence-electron chi connectivity index (χ1n) is 8.80. The fourth-order valence-corrected chi connectivity index (χ4v) is 3.67. The fraction of sp³-hybridized carbons (Fsp3) is 0.750. The first-order chi connectivity index (χ1) is 11.6. The van der Waals surface area contributed by atoms with Gasteiger partial charge >= 0.3 is 0 Å². The Hall–Kier alpha value is -1.96. The quantitative estimate of drug-likeness (QED) is 0.719. The third kappa shape index (κ3) is 3.92. The first-order valence-corrected chi connectivity index (χ1v) is 8.80. The van der Waals surface area contributed by atoms with Gasteiger partial charge in [-0.1, -0.05) is 18.0 Å². The maximum atomic E-state index is 12.0. The van der Waals surface area contributed by atoms with E-state index in [2.05, 4.69) is 20.4 Å². The minimum atomic E-state index is -0.677. The number of aromatic nitrogens is 2.